The van der Waals surface area contributed by atoms with Gasteiger partial charge in [-0.25, -0.2) is 0 Å². The number of nitrogens with one attached hydrogen (secondary N) is 1. The van der Waals surface area contributed by atoms with Gasteiger partial charge in [0.05, 0.1) is 19.8 Å². The molecule has 29 heavy (non-hydrogen) atoms. The van der Waals surface area contributed by atoms with Crippen LogP contribution in [0.25, 0.3) is 16.4 Å². The van der Waals surface area contributed by atoms with Gasteiger partial charge >= 0.3 is 6.18 Å². The molecule has 0 bridgehead atoms. The van der Waals surface area contributed by atoms with E-state index in [1.807, 2.05) is 0 Å². The minimum atomic E-state index is -4.40. The van der Waals surface area contributed by atoms with Gasteiger partial charge in [-0.15, -0.1) is 15.3 Å². The first-order valence-corrected chi connectivity index (χ1v) is 8.56. The molecule has 0 spiro atoms. The van der Waals surface area contributed by atoms with Crippen LogP contribution in [0.2, 0.25) is 0 Å². The van der Waals surface area contributed by atoms with E-state index in [9.17, 15) is 13.2 Å². The van der Waals surface area contributed by atoms with Crippen LogP contribution >= 0.6 is 0 Å². The highest BCUT2D eigenvalue weighted by Crippen LogP contribution is 2.36. The van der Waals surface area contributed by atoms with Crippen LogP contribution in [0.1, 0.15) is 11.1 Å². The summed E-state index contributed by atoms with van der Waals surface area (Å²) in [5.74, 6) is 1.46. The first kappa shape index (κ1) is 18.8. The van der Waals surface area contributed by atoms with Crippen molar-refractivity contribution in [3.05, 3.63) is 53.9 Å². The molecule has 0 amide bonds. The maximum absolute atomic E-state index is 13.0. The highest BCUT2D eigenvalue weighted by atomic mass is 19.4. The van der Waals surface area contributed by atoms with E-state index in [2.05, 4.69) is 20.6 Å². The molecule has 0 aliphatic carbocycles. The average Bonchev–Trinajstić information content (AvgIpc) is 3.19. The fraction of sp³-hybridized carbons (Fsp3) is 0.211. The summed E-state index contributed by atoms with van der Waals surface area (Å²) in [6.45, 7) is 0.147. The number of ether oxygens (including phenoxy) is 2. The predicted molar refractivity (Wildman–Crippen MR) is 100 cm³/mol. The topological polar surface area (TPSA) is 73.6 Å². The van der Waals surface area contributed by atoms with E-state index < -0.39 is 11.7 Å². The van der Waals surface area contributed by atoms with Crippen molar-refractivity contribution in [2.24, 2.45) is 0 Å². The summed E-state index contributed by atoms with van der Waals surface area (Å²) in [5.41, 5.74) is 0.292. The summed E-state index contributed by atoms with van der Waals surface area (Å²) in [4.78, 5) is 0. The fourth-order valence-electron chi connectivity index (χ4n) is 3.08. The predicted octanol–water partition coefficient (Wildman–Crippen LogP) is 3.93. The first-order valence-electron chi connectivity index (χ1n) is 8.56. The van der Waals surface area contributed by atoms with Crippen LogP contribution in [0.3, 0.4) is 0 Å². The van der Waals surface area contributed by atoms with Gasteiger partial charge in [-0.2, -0.15) is 17.7 Å². The Morgan fingerprint density at radius 1 is 1.03 bits per heavy atom. The van der Waals surface area contributed by atoms with Crippen LogP contribution in [0.4, 0.5) is 19.0 Å². The fourth-order valence-corrected chi connectivity index (χ4v) is 3.08. The van der Waals surface area contributed by atoms with E-state index in [-0.39, 0.29) is 6.54 Å². The Hall–Kier alpha value is -3.56. The van der Waals surface area contributed by atoms with E-state index in [0.717, 1.165) is 12.1 Å². The number of hydrogen-bond donors (Lipinski definition) is 1. The van der Waals surface area contributed by atoms with Crippen molar-refractivity contribution in [1.82, 2.24) is 19.8 Å². The number of benzene rings is 2. The Morgan fingerprint density at radius 2 is 1.76 bits per heavy atom. The minimum Gasteiger partial charge on any atom is -0.493 e. The Balaban J connectivity index is 1.77. The summed E-state index contributed by atoms with van der Waals surface area (Å²) >= 11 is 0. The summed E-state index contributed by atoms with van der Waals surface area (Å²) in [5, 5.41) is 16.9. The van der Waals surface area contributed by atoms with Crippen LogP contribution in [-0.2, 0) is 12.7 Å². The van der Waals surface area contributed by atoms with Gasteiger partial charge in [0.1, 0.15) is 6.33 Å². The highest BCUT2D eigenvalue weighted by Gasteiger charge is 2.30. The smallest absolute Gasteiger partial charge is 0.416 e. The molecule has 0 saturated carbocycles. The van der Waals surface area contributed by atoms with Gasteiger partial charge in [-0.1, -0.05) is 12.1 Å². The zero-order valence-corrected chi connectivity index (χ0v) is 15.5. The van der Waals surface area contributed by atoms with Gasteiger partial charge in [0, 0.05) is 17.3 Å². The number of aromatic nitrogens is 4. The molecule has 0 fully saturated rings. The number of halogens is 3. The third-order valence-corrected chi connectivity index (χ3v) is 4.47. The molecule has 0 atom stereocenters. The lowest BCUT2D eigenvalue weighted by molar-refractivity contribution is -0.137. The lowest BCUT2D eigenvalue weighted by Gasteiger charge is -2.14. The number of fused-ring (bicyclic) bond motifs is 3. The van der Waals surface area contributed by atoms with Gasteiger partial charge in [-0.3, -0.25) is 0 Å². The molecule has 2 aromatic heterocycles. The zero-order chi connectivity index (χ0) is 20.6. The van der Waals surface area contributed by atoms with Gasteiger partial charge in [-0.05, 0) is 29.8 Å². The van der Waals surface area contributed by atoms with Gasteiger partial charge in [0.15, 0.2) is 23.0 Å². The monoisotopic (exact) mass is 403 g/mol. The summed E-state index contributed by atoms with van der Waals surface area (Å²) in [7, 11) is 3.04. The summed E-state index contributed by atoms with van der Waals surface area (Å²) < 4.78 is 51.1. The van der Waals surface area contributed by atoms with Crippen molar-refractivity contribution in [2.45, 2.75) is 12.7 Å². The molecule has 10 heteroatoms. The highest BCUT2D eigenvalue weighted by molar-refractivity contribution is 6.01. The molecule has 0 unspecified atom stereocenters. The molecule has 4 rings (SSSR count). The number of methoxy groups -OCH3 is 2. The van der Waals surface area contributed by atoms with Crippen LogP contribution in [0.5, 0.6) is 11.5 Å². The quantitative estimate of drug-likeness (QED) is 0.544. The second-order valence-corrected chi connectivity index (χ2v) is 6.25. The molecule has 2 heterocycles. The lowest BCUT2D eigenvalue weighted by Crippen LogP contribution is -2.08. The largest absolute Gasteiger partial charge is 0.493 e. The van der Waals surface area contributed by atoms with Crippen LogP contribution < -0.4 is 14.8 Å². The van der Waals surface area contributed by atoms with E-state index in [1.165, 1.54) is 31.1 Å². The Morgan fingerprint density at radius 3 is 2.45 bits per heavy atom. The first-order chi connectivity index (χ1) is 13.9. The molecule has 4 aromatic rings. The standard InChI is InChI=1S/C19H16F3N5O2/c1-28-15-7-13-14(8-16(15)29-2)18-25-24-10-27(18)26-17(13)23-9-11-4-3-5-12(6-11)19(20,21)22/h3-8,10H,9H2,1-2H3,(H,23,26). The van der Waals surface area contributed by atoms with Gasteiger partial charge in [0.25, 0.3) is 0 Å². The number of anilines is 1. The number of alkyl halides is 3. The van der Waals surface area contributed by atoms with Crippen LogP contribution in [0.15, 0.2) is 42.7 Å². The Bertz CT molecular complexity index is 1190. The number of rotatable bonds is 5. The average molecular weight is 403 g/mol. The molecule has 2 aromatic carbocycles. The zero-order valence-electron chi connectivity index (χ0n) is 15.5. The molecule has 0 aliphatic heterocycles. The molecule has 0 saturated heterocycles. The molecule has 0 radical (unpaired) electrons. The molecule has 7 nitrogen and oxygen atoms in total. The molecular formula is C19H16F3N5O2. The molecular weight excluding hydrogens is 387 g/mol. The van der Waals surface area contributed by atoms with Gasteiger partial charge < -0.3 is 14.8 Å². The Kier molecular flexibility index (Phi) is 4.61. The van der Waals surface area contributed by atoms with E-state index in [1.54, 1.807) is 18.2 Å². The maximum atomic E-state index is 13.0. The van der Waals surface area contributed by atoms with Crippen LogP contribution in [0, 0.1) is 0 Å². The molecule has 150 valence electrons. The van der Waals surface area contributed by atoms with Crippen molar-refractivity contribution < 1.29 is 22.6 Å². The SMILES string of the molecule is COc1cc2c(NCc3cccc(C(F)(F)F)c3)nn3cnnc3c2cc1OC. The van der Waals surface area contributed by atoms with E-state index in [0.29, 0.717) is 39.3 Å². The van der Waals surface area contributed by atoms with Crippen molar-refractivity contribution in [3.63, 3.8) is 0 Å². The van der Waals surface area contributed by atoms with E-state index in [4.69, 9.17) is 9.47 Å². The summed E-state index contributed by atoms with van der Waals surface area (Å²) in [6, 6.07) is 8.64. The second kappa shape index (κ2) is 7.12. The third kappa shape index (κ3) is 3.48. The number of hydrogen-bond acceptors (Lipinski definition) is 6. The Labute approximate surface area is 163 Å². The van der Waals surface area contributed by atoms with Crippen LogP contribution in [-0.4, -0.2) is 34.0 Å². The van der Waals surface area contributed by atoms with Crippen molar-refractivity contribution in [1.29, 1.82) is 0 Å². The van der Waals surface area contributed by atoms with Gasteiger partial charge in [0.2, 0.25) is 0 Å². The number of nitrogens with zero attached hydrogens (tertiary/aromatic N) is 4. The van der Waals surface area contributed by atoms with E-state index >= 15 is 0 Å². The maximum Gasteiger partial charge on any atom is 0.416 e. The van der Waals surface area contributed by atoms with Crippen molar-refractivity contribution in [2.75, 3.05) is 19.5 Å². The normalized spacial score (nSPS) is 11.8. The van der Waals surface area contributed by atoms with Crippen molar-refractivity contribution >= 4 is 22.2 Å². The molecule has 0 aliphatic rings. The van der Waals surface area contributed by atoms with Crippen molar-refractivity contribution in [3.8, 4) is 11.5 Å². The second-order valence-electron chi connectivity index (χ2n) is 6.25. The minimum absolute atomic E-state index is 0.147. The third-order valence-electron chi connectivity index (χ3n) is 4.47. The lowest BCUT2D eigenvalue weighted by atomic mass is 10.1. The molecule has 1 N–H and O–H groups in total. The summed E-state index contributed by atoms with van der Waals surface area (Å²) in [6.07, 6.45) is -2.95.